The topological polar surface area (TPSA) is 0 Å². The van der Waals surface area contributed by atoms with Gasteiger partial charge in [0.15, 0.2) is 0 Å². The Hall–Kier alpha value is -1.86. The fourth-order valence-electron chi connectivity index (χ4n) is 2.21. The first-order valence-electron chi connectivity index (χ1n) is 6.05. The smallest absolute Gasteiger partial charge is 0.0423 e. The minimum Gasteiger partial charge on any atom is -0.143 e. The molecule has 0 aliphatic carbocycles. The second-order valence-corrected chi connectivity index (χ2v) is 5.23. The predicted octanol–water partition coefficient (Wildman–Crippen LogP) is 5.39. The molecule has 0 atom stereocenters. The van der Waals surface area contributed by atoms with Crippen LogP contribution < -0.4 is 0 Å². The van der Waals surface area contributed by atoms with E-state index >= 15 is 0 Å². The standard InChI is InChI=1S/C17H14S/c1-13-12-18-17(15-10-6-3-7-11-15)16(13)14-8-4-2-5-9-14/h2-12H,1H3. The Balaban J connectivity index is 2.19. The van der Waals surface area contributed by atoms with Gasteiger partial charge in [0.25, 0.3) is 0 Å². The van der Waals surface area contributed by atoms with Crippen molar-refractivity contribution in [2.45, 2.75) is 6.92 Å². The van der Waals surface area contributed by atoms with Gasteiger partial charge in [0, 0.05) is 10.4 Å². The fourth-order valence-corrected chi connectivity index (χ4v) is 3.29. The Bertz CT molecular complexity index is 636. The molecule has 3 rings (SSSR count). The lowest BCUT2D eigenvalue weighted by Gasteiger charge is -2.06. The van der Waals surface area contributed by atoms with Crippen molar-refractivity contribution in [3.8, 4) is 21.6 Å². The Morgan fingerprint density at radius 3 is 1.89 bits per heavy atom. The maximum atomic E-state index is 2.24. The van der Waals surface area contributed by atoms with E-state index in [1.165, 1.54) is 27.1 Å². The molecule has 0 aliphatic heterocycles. The van der Waals surface area contributed by atoms with E-state index in [2.05, 4.69) is 73.0 Å². The summed E-state index contributed by atoms with van der Waals surface area (Å²) in [6.45, 7) is 2.19. The molecule has 0 unspecified atom stereocenters. The molecule has 0 aliphatic rings. The van der Waals surface area contributed by atoms with Crippen molar-refractivity contribution >= 4 is 11.3 Å². The molecular formula is C17H14S. The lowest BCUT2D eigenvalue weighted by molar-refractivity contribution is 1.52. The average Bonchev–Trinajstić information content (AvgIpc) is 2.83. The van der Waals surface area contributed by atoms with Gasteiger partial charge >= 0.3 is 0 Å². The van der Waals surface area contributed by atoms with Crippen molar-refractivity contribution in [2.24, 2.45) is 0 Å². The Labute approximate surface area is 112 Å². The highest BCUT2D eigenvalue weighted by atomic mass is 32.1. The summed E-state index contributed by atoms with van der Waals surface area (Å²) >= 11 is 1.82. The zero-order valence-electron chi connectivity index (χ0n) is 10.3. The van der Waals surface area contributed by atoms with E-state index in [0.29, 0.717) is 0 Å². The van der Waals surface area contributed by atoms with Gasteiger partial charge < -0.3 is 0 Å². The second kappa shape index (κ2) is 4.79. The number of thiophene rings is 1. The Morgan fingerprint density at radius 2 is 1.28 bits per heavy atom. The van der Waals surface area contributed by atoms with E-state index in [4.69, 9.17) is 0 Å². The molecule has 0 spiro atoms. The van der Waals surface area contributed by atoms with Crippen LogP contribution in [0.1, 0.15) is 5.56 Å². The molecule has 1 aromatic heterocycles. The Kier molecular flexibility index (Phi) is 2.99. The summed E-state index contributed by atoms with van der Waals surface area (Å²) < 4.78 is 0. The van der Waals surface area contributed by atoms with Crippen LogP contribution in [0.5, 0.6) is 0 Å². The maximum Gasteiger partial charge on any atom is 0.0423 e. The van der Waals surface area contributed by atoms with E-state index in [9.17, 15) is 0 Å². The first-order valence-corrected chi connectivity index (χ1v) is 6.93. The highest BCUT2D eigenvalue weighted by Crippen LogP contribution is 2.39. The van der Waals surface area contributed by atoms with Crippen LogP contribution in [0.25, 0.3) is 21.6 Å². The number of hydrogen-bond acceptors (Lipinski definition) is 1. The molecule has 1 heterocycles. The summed E-state index contributed by atoms with van der Waals surface area (Å²) in [6.07, 6.45) is 0. The molecule has 0 saturated carbocycles. The fraction of sp³-hybridized carbons (Fsp3) is 0.0588. The molecule has 18 heavy (non-hydrogen) atoms. The molecule has 2 aromatic carbocycles. The summed E-state index contributed by atoms with van der Waals surface area (Å²) in [5.41, 5.74) is 5.32. The van der Waals surface area contributed by atoms with E-state index in [-0.39, 0.29) is 0 Å². The third-order valence-corrected chi connectivity index (χ3v) is 4.22. The molecular weight excluding hydrogens is 236 g/mol. The maximum absolute atomic E-state index is 2.24. The van der Waals surface area contributed by atoms with E-state index < -0.39 is 0 Å². The molecule has 0 amide bonds. The summed E-state index contributed by atoms with van der Waals surface area (Å²) in [6, 6.07) is 21.2. The largest absolute Gasteiger partial charge is 0.143 e. The quantitative estimate of drug-likeness (QED) is 0.572. The van der Waals surface area contributed by atoms with Gasteiger partial charge in [-0.05, 0) is 29.0 Å². The zero-order chi connectivity index (χ0) is 12.4. The van der Waals surface area contributed by atoms with Crippen LogP contribution in [-0.2, 0) is 0 Å². The van der Waals surface area contributed by atoms with Gasteiger partial charge in [0.2, 0.25) is 0 Å². The van der Waals surface area contributed by atoms with Gasteiger partial charge in [-0.2, -0.15) is 0 Å². The van der Waals surface area contributed by atoms with Crippen LogP contribution in [0, 0.1) is 6.92 Å². The Morgan fingerprint density at radius 1 is 0.722 bits per heavy atom. The van der Waals surface area contributed by atoms with Crippen LogP contribution in [0.4, 0.5) is 0 Å². The number of benzene rings is 2. The van der Waals surface area contributed by atoms with Gasteiger partial charge in [0.05, 0.1) is 0 Å². The molecule has 0 radical (unpaired) electrons. The lowest BCUT2D eigenvalue weighted by Crippen LogP contribution is -1.81. The minimum atomic E-state index is 1.30. The van der Waals surface area contributed by atoms with Crippen molar-refractivity contribution in [2.75, 3.05) is 0 Å². The summed E-state index contributed by atoms with van der Waals surface area (Å²) in [5.74, 6) is 0. The van der Waals surface area contributed by atoms with Crippen molar-refractivity contribution in [1.29, 1.82) is 0 Å². The van der Waals surface area contributed by atoms with Crippen molar-refractivity contribution in [1.82, 2.24) is 0 Å². The van der Waals surface area contributed by atoms with Crippen LogP contribution in [0.2, 0.25) is 0 Å². The van der Waals surface area contributed by atoms with Gasteiger partial charge in [-0.25, -0.2) is 0 Å². The van der Waals surface area contributed by atoms with Crippen LogP contribution >= 0.6 is 11.3 Å². The molecule has 3 aromatic rings. The van der Waals surface area contributed by atoms with Gasteiger partial charge in [-0.15, -0.1) is 11.3 Å². The highest BCUT2D eigenvalue weighted by molar-refractivity contribution is 7.14. The van der Waals surface area contributed by atoms with E-state index in [1.807, 2.05) is 11.3 Å². The SMILES string of the molecule is Cc1csc(-c2ccccc2)c1-c1ccccc1. The minimum absolute atomic E-state index is 1.30. The third-order valence-electron chi connectivity index (χ3n) is 3.07. The molecule has 0 fully saturated rings. The third kappa shape index (κ3) is 1.98. The van der Waals surface area contributed by atoms with E-state index in [0.717, 1.165) is 0 Å². The monoisotopic (exact) mass is 250 g/mol. The van der Waals surface area contributed by atoms with Gasteiger partial charge in [-0.3, -0.25) is 0 Å². The first-order chi connectivity index (χ1) is 8.86. The lowest BCUT2D eigenvalue weighted by atomic mass is 9.99. The number of rotatable bonds is 2. The normalized spacial score (nSPS) is 10.5. The van der Waals surface area contributed by atoms with Crippen molar-refractivity contribution in [3.63, 3.8) is 0 Å². The van der Waals surface area contributed by atoms with Gasteiger partial charge in [-0.1, -0.05) is 60.7 Å². The highest BCUT2D eigenvalue weighted by Gasteiger charge is 2.11. The molecule has 88 valence electrons. The summed E-state index contributed by atoms with van der Waals surface area (Å²) in [4.78, 5) is 1.36. The average molecular weight is 250 g/mol. The molecule has 0 saturated heterocycles. The van der Waals surface area contributed by atoms with Gasteiger partial charge in [0.1, 0.15) is 0 Å². The van der Waals surface area contributed by atoms with E-state index in [1.54, 1.807) is 0 Å². The molecule has 0 bridgehead atoms. The number of hydrogen-bond donors (Lipinski definition) is 0. The van der Waals surface area contributed by atoms with Crippen molar-refractivity contribution < 1.29 is 0 Å². The van der Waals surface area contributed by atoms with Crippen LogP contribution in [0.15, 0.2) is 66.0 Å². The summed E-state index contributed by atoms with van der Waals surface area (Å²) in [7, 11) is 0. The summed E-state index contributed by atoms with van der Waals surface area (Å²) in [5, 5.41) is 2.24. The second-order valence-electron chi connectivity index (χ2n) is 4.35. The first kappa shape index (κ1) is 11.2. The number of aryl methyl sites for hydroxylation is 1. The molecule has 0 N–H and O–H groups in total. The molecule has 0 nitrogen and oxygen atoms in total. The van der Waals surface area contributed by atoms with Crippen LogP contribution in [-0.4, -0.2) is 0 Å². The van der Waals surface area contributed by atoms with Crippen molar-refractivity contribution in [3.05, 3.63) is 71.6 Å². The predicted molar refractivity (Wildman–Crippen MR) is 79.9 cm³/mol. The zero-order valence-corrected chi connectivity index (χ0v) is 11.1. The molecule has 1 heteroatoms. The van der Waals surface area contributed by atoms with Crippen LogP contribution in [0.3, 0.4) is 0 Å².